The maximum absolute atomic E-state index is 8.80. The van der Waals surface area contributed by atoms with Crippen molar-refractivity contribution in [2.45, 2.75) is 6.92 Å². The van der Waals surface area contributed by atoms with Gasteiger partial charge in [-0.15, -0.1) is 6.42 Å². The third kappa shape index (κ3) is 5.28. The van der Waals surface area contributed by atoms with E-state index >= 15 is 0 Å². The molecule has 0 aliphatic carbocycles. The number of hydrogen-bond acceptors (Lipinski definition) is 6. The van der Waals surface area contributed by atoms with Crippen LogP contribution in [0.4, 0.5) is 17.5 Å². The third-order valence-electron chi connectivity index (χ3n) is 2.92. The first-order valence-corrected chi connectivity index (χ1v) is 7.20. The van der Waals surface area contributed by atoms with Gasteiger partial charge in [0.25, 0.3) is 0 Å². The number of nitrogens with zero attached hydrogens (tertiary/aromatic N) is 4. The monoisotopic (exact) mass is 316 g/mol. The van der Waals surface area contributed by atoms with Crippen LogP contribution in [0.3, 0.4) is 0 Å². The Kier molecular flexibility index (Phi) is 6.08. The fourth-order valence-corrected chi connectivity index (χ4v) is 1.75. The van der Waals surface area contributed by atoms with Crippen LogP contribution in [0.1, 0.15) is 12.5 Å². The molecular weight excluding hydrogens is 300 g/mol. The van der Waals surface area contributed by atoms with Crippen LogP contribution in [0.2, 0.25) is 0 Å². The summed E-state index contributed by atoms with van der Waals surface area (Å²) in [6, 6.07) is 10.9. The fraction of sp³-hybridized carbons (Fsp3) is 0.111. The molecule has 0 spiro atoms. The smallest absolute Gasteiger partial charge is 0.229 e. The minimum Gasteiger partial charge on any atom is -0.365 e. The Morgan fingerprint density at radius 2 is 2.12 bits per heavy atom. The summed E-state index contributed by atoms with van der Waals surface area (Å²) in [5.41, 5.74) is 2.29. The highest BCUT2D eigenvalue weighted by molar-refractivity contribution is 5.86. The predicted molar refractivity (Wildman–Crippen MR) is 96.0 cm³/mol. The summed E-state index contributed by atoms with van der Waals surface area (Å²) in [7, 11) is 0. The summed E-state index contributed by atoms with van der Waals surface area (Å²) in [6.45, 7) is 2.44. The molecular formula is C18H16N6. The summed E-state index contributed by atoms with van der Waals surface area (Å²) in [4.78, 5) is 12.7. The highest BCUT2D eigenvalue weighted by atomic mass is 15.1. The van der Waals surface area contributed by atoms with E-state index in [9.17, 15) is 0 Å². The minimum atomic E-state index is 0.464. The molecule has 1 aromatic heterocycles. The zero-order chi connectivity index (χ0) is 17.2. The lowest BCUT2D eigenvalue weighted by molar-refractivity contribution is 1.14. The van der Waals surface area contributed by atoms with Crippen LogP contribution in [-0.4, -0.2) is 22.2 Å². The van der Waals surface area contributed by atoms with Gasteiger partial charge in [-0.1, -0.05) is 5.92 Å². The SMILES string of the molecule is C#C/C=C\N=C(C)CNc1ccnc(Nc2ccc(C#N)cc2)n1. The summed E-state index contributed by atoms with van der Waals surface area (Å²) in [5.74, 6) is 3.52. The van der Waals surface area contributed by atoms with E-state index in [0.717, 1.165) is 11.4 Å². The molecule has 0 fully saturated rings. The Hall–Kier alpha value is -3.64. The summed E-state index contributed by atoms with van der Waals surface area (Å²) < 4.78 is 0. The normalized spacial score (nSPS) is 10.9. The number of rotatable bonds is 6. The van der Waals surface area contributed by atoms with Crippen LogP contribution in [0.15, 0.2) is 53.8 Å². The zero-order valence-corrected chi connectivity index (χ0v) is 13.2. The van der Waals surface area contributed by atoms with Crippen LogP contribution >= 0.6 is 0 Å². The first-order valence-electron chi connectivity index (χ1n) is 7.20. The van der Waals surface area contributed by atoms with Crippen molar-refractivity contribution < 1.29 is 0 Å². The van der Waals surface area contributed by atoms with Crippen LogP contribution in [0.5, 0.6) is 0 Å². The molecule has 24 heavy (non-hydrogen) atoms. The number of aliphatic imine (C=N–C) groups is 1. The number of terminal acetylenes is 1. The topological polar surface area (TPSA) is 86.0 Å². The molecule has 0 amide bonds. The van der Waals surface area contributed by atoms with E-state index in [-0.39, 0.29) is 0 Å². The van der Waals surface area contributed by atoms with Gasteiger partial charge in [-0.3, -0.25) is 4.99 Å². The predicted octanol–water partition coefficient (Wildman–Crippen LogP) is 3.11. The number of allylic oxidation sites excluding steroid dienone is 1. The van der Waals surface area contributed by atoms with Crippen molar-refractivity contribution in [3.8, 4) is 18.4 Å². The van der Waals surface area contributed by atoms with E-state index in [2.05, 4.69) is 37.6 Å². The molecule has 0 aliphatic heterocycles. The second-order valence-corrected chi connectivity index (χ2v) is 4.78. The average molecular weight is 316 g/mol. The molecule has 2 N–H and O–H groups in total. The van der Waals surface area contributed by atoms with Gasteiger partial charge in [0.1, 0.15) is 5.82 Å². The lowest BCUT2D eigenvalue weighted by Crippen LogP contribution is -2.12. The van der Waals surface area contributed by atoms with Gasteiger partial charge in [-0.25, -0.2) is 4.98 Å². The molecule has 0 aliphatic rings. The van der Waals surface area contributed by atoms with E-state index in [4.69, 9.17) is 11.7 Å². The first kappa shape index (κ1) is 16.7. The Bertz CT molecular complexity index is 822. The van der Waals surface area contributed by atoms with Crippen molar-refractivity contribution in [2.24, 2.45) is 4.99 Å². The molecule has 0 atom stereocenters. The number of nitrogens with one attached hydrogen (secondary N) is 2. The largest absolute Gasteiger partial charge is 0.365 e. The van der Waals surface area contributed by atoms with Gasteiger partial charge in [-0.2, -0.15) is 10.2 Å². The zero-order valence-electron chi connectivity index (χ0n) is 13.2. The van der Waals surface area contributed by atoms with Gasteiger partial charge in [0.2, 0.25) is 5.95 Å². The summed E-state index contributed by atoms with van der Waals surface area (Å²) in [5, 5.41) is 15.1. The van der Waals surface area contributed by atoms with Gasteiger partial charge in [-0.05, 0) is 37.3 Å². The van der Waals surface area contributed by atoms with Crippen LogP contribution in [0.25, 0.3) is 0 Å². The highest BCUT2D eigenvalue weighted by Gasteiger charge is 2.01. The number of hydrogen-bond donors (Lipinski definition) is 2. The third-order valence-corrected chi connectivity index (χ3v) is 2.92. The van der Waals surface area contributed by atoms with Gasteiger partial charge in [0, 0.05) is 29.9 Å². The summed E-state index contributed by atoms with van der Waals surface area (Å²) in [6.07, 6.45) is 9.89. The molecule has 1 aromatic carbocycles. The lowest BCUT2D eigenvalue weighted by atomic mass is 10.2. The minimum absolute atomic E-state index is 0.464. The Labute approximate surface area is 141 Å². The molecule has 118 valence electrons. The second-order valence-electron chi connectivity index (χ2n) is 4.78. The fourth-order valence-electron chi connectivity index (χ4n) is 1.75. The average Bonchev–Trinajstić information content (AvgIpc) is 2.61. The number of aromatic nitrogens is 2. The molecule has 0 bridgehead atoms. The quantitative estimate of drug-likeness (QED) is 0.631. The Balaban J connectivity index is 1.98. The molecule has 0 saturated heterocycles. The van der Waals surface area contributed by atoms with E-state index in [0.29, 0.717) is 23.9 Å². The molecule has 0 unspecified atom stereocenters. The maximum atomic E-state index is 8.80. The van der Waals surface area contributed by atoms with Crippen LogP contribution < -0.4 is 10.6 Å². The van der Waals surface area contributed by atoms with Gasteiger partial charge >= 0.3 is 0 Å². The van der Waals surface area contributed by atoms with E-state index in [1.807, 2.05) is 6.92 Å². The van der Waals surface area contributed by atoms with Crippen LogP contribution in [-0.2, 0) is 0 Å². The van der Waals surface area contributed by atoms with Crippen molar-refractivity contribution >= 4 is 23.2 Å². The molecule has 0 radical (unpaired) electrons. The molecule has 6 heteroatoms. The Morgan fingerprint density at radius 3 is 2.83 bits per heavy atom. The van der Waals surface area contributed by atoms with E-state index in [1.165, 1.54) is 6.08 Å². The highest BCUT2D eigenvalue weighted by Crippen LogP contribution is 2.14. The standard InChI is InChI=1S/C18H16N6/c1-3-4-10-20-14(2)13-22-17-9-11-21-18(24-17)23-16-7-5-15(12-19)6-8-16/h1,4-11H,13H2,2H3,(H2,21,22,23,24)/b10-4-,20-14?. The molecule has 2 rings (SSSR count). The van der Waals surface area contributed by atoms with Crippen molar-refractivity contribution in [3.05, 3.63) is 54.4 Å². The Morgan fingerprint density at radius 1 is 1.33 bits per heavy atom. The van der Waals surface area contributed by atoms with Gasteiger partial charge in [0.05, 0.1) is 18.2 Å². The van der Waals surface area contributed by atoms with Crippen molar-refractivity contribution in [2.75, 3.05) is 17.2 Å². The second kappa shape index (κ2) is 8.72. The molecule has 6 nitrogen and oxygen atoms in total. The number of nitriles is 1. The first-order chi connectivity index (χ1) is 11.7. The van der Waals surface area contributed by atoms with Gasteiger partial charge < -0.3 is 10.6 Å². The number of benzene rings is 1. The summed E-state index contributed by atoms with van der Waals surface area (Å²) >= 11 is 0. The van der Waals surface area contributed by atoms with Crippen molar-refractivity contribution in [1.82, 2.24) is 9.97 Å². The van der Waals surface area contributed by atoms with Crippen molar-refractivity contribution in [3.63, 3.8) is 0 Å². The maximum Gasteiger partial charge on any atom is 0.229 e. The number of anilines is 3. The van der Waals surface area contributed by atoms with Crippen molar-refractivity contribution in [1.29, 1.82) is 5.26 Å². The lowest BCUT2D eigenvalue weighted by Gasteiger charge is -2.08. The molecule has 0 saturated carbocycles. The van der Waals surface area contributed by atoms with Gasteiger partial charge in [0.15, 0.2) is 0 Å². The van der Waals surface area contributed by atoms with E-state index < -0.39 is 0 Å². The molecule has 1 heterocycles. The molecule has 2 aromatic rings. The van der Waals surface area contributed by atoms with E-state index in [1.54, 1.807) is 42.7 Å². The van der Waals surface area contributed by atoms with Crippen LogP contribution in [0, 0.1) is 23.7 Å².